The number of aromatic amines is 1. The minimum atomic E-state index is -0.529. The molecule has 1 aromatic carbocycles. The van der Waals surface area contributed by atoms with Gasteiger partial charge in [0.05, 0.1) is 0 Å². The molecule has 0 bridgehead atoms. The van der Waals surface area contributed by atoms with Crippen molar-refractivity contribution in [3.8, 4) is 0 Å². The van der Waals surface area contributed by atoms with E-state index in [9.17, 15) is 9.59 Å². The number of fused-ring (bicyclic) bond motifs is 1. The predicted molar refractivity (Wildman–Crippen MR) is 81.0 cm³/mol. The lowest BCUT2D eigenvalue weighted by Crippen LogP contribution is -2.38. The minimum Gasteiger partial charge on any atom is -0.451 e. The summed E-state index contributed by atoms with van der Waals surface area (Å²) in [5.41, 5.74) is 1.21. The molecule has 1 aromatic heterocycles. The Morgan fingerprint density at radius 1 is 1.24 bits per heavy atom. The number of amides is 1. The van der Waals surface area contributed by atoms with Crippen LogP contribution in [0.15, 0.2) is 30.3 Å². The lowest BCUT2D eigenvalue weighted by molar-refractivity contribution is -0.125. The van der Waals surface area contributed by atoms with Crippen LogP contribution in [0.2, 0.25) is 0 Å². The van der Waals surface area contributed by atoms with E-state index in [0.29, 0.717) is 11.6 Å². The van der Waals surface area contributed by atoms with Crippen molar-refractivity contribution < 1.29 is 14.3 Å². The van der Waals surface area contributed by atoms with Crippen molar-refractivity contribution in [1.82, 2.24) is 10.3 Å². The van der Waals surface area contributed by atoms with Crippen molar-refractivity contribution in [2.24, 2.45) is 5.92 Å². The molecule has 0 radical (unpaired) electrons. The molecule has 0 aliphatic rings. The van der Waals surface area contributed by atoms with E-state index in [1.165, 1.54) is 0 Å². The third-order valence-corrected chi connectivity index (χ3v) is 3.47. The van der Waals surface area contributed by atoms with E-state index < -0.39 is 5.97 Å². The number of carbonyl (C=O) groups is 2. The number of ether oxygens (including phenoxy) is 1. The fraction of sp³-hybridized carbons (Fsp3) is 0.375. The van der Waals surface area contributed by atoms with E-state index in [-0.39, 0.29) is 18.6 Å². The van der Waals surface area contributed by atoms with Gasteiger partial charge >= 0.3 is 5.97 Å². The van der Waals surface area contributed by atoms with Crippen molar-refractivity contribution >= 4 is 22.8 Å². The molecule has 2 rings (SSSR count). The van der Waals surface area contributed by atoms with Gasteiger partial charge < -0.3 is 15.0 Å². The largest absolute Gasteiger partial charge is 0.451 e. The summed E-state index contributed by atoms with van der Waals surface area (Å²) in [5, 5.41) is 3.72. The quantitative estimate of drug-likeness (QED) is 0.830. The first-order valence-electron chi connectivity index (χ1n) is 7.01. The van der Waals surface area contributed by atoms with Crippen molar-refractivity contribution in [1.29, 1.82) is 0 Å². The average Bonchev–Trinajstić information content (AvgIpc) is 2.88. The number of aromatic nitrogens is 1. The number of nitrogens with one attached hydrogen (secondary N) is 2. The normalized spacial score (nSPS) is 12.4. The fourth-order valence-corrected chi connectivity index (χ4v) is 1.85. The summed E-state index contributed by atoms with van der Waals surface area (Å²) in [5.74, 6) is -0.488. The third-order valence-electron chi connectivity index (χ3n) is 3.47. The number of esters is 1. The van der Waals surface area contributed by atoms with Gasteiger partial charge in [0.1, 0.15) is 5.69 Å². The van der Waals surface area contributed by atoms with Gasteiger partial charge in [0.25, 0.3) is 5.91 Å². The Balaban J connectivity index is 1.91. The lowest BCUT2D eigenvalue weighted by Gasteiger charge is -2.17. The summed E-state index contributed by atoms with van der Waals surface area (Å²) in [4.78, 5) is 26.5. The van der Waals surface area contributed by atoms with E-state index in [0.717, 1.165) is 10.9 Å². The zero-order valence-electron chi connectivity index (χ0n) is 12.5. The van der Waals surface area contributed by atoms with Gasteiger partial charge in [0.15, 0.2) is 6.61 Å². The molecule has 0 aliphatic carbocycles. The Labute approximate surface area is 123 Å². The highest BCUT2D eigenvalue weighted by atomic mass is 16.5. The van der Waals surface area contributed by atoms with Gasteiger partial charge in [-0.2, -0.15) is 0 Å². The topological polar surface area (TPSA) is 71.2 Å². The summed E-state index contributed by atoms with van der Waals surface area (Å²) < 4.78 is 5.02. The Morgan fingerprint density at radius 3 is 2.62 bits per heavy atom. The van der Waals surface area contributed by atoms with Crippen molar-refractivity contribution in [3.63, 3.8) is 0 Å². The Bertz CT molecular complexity index is 613. The molecular formula is C16H20N2O3. The fourth-order valence-electron chi connectivity index (χ4n) is 1.85. The number of carbonyl (C=O) groups excluding carboxylic acids is 2. The molecule has 112 valence electrons. The molecule has 1 heterocycles. The molecule has 0 saturated carbocycles. The molecular weight excluding hydrogens is 268 g/mol. The zero-order chi connectivity index (χ0) is 15.4. The molecule has 5 nitrogen and oxygen atoms in total. The Hall–Kier alpha value is -2.30. The van der Waals surface area contributed by atoms with Crippen molar-refractivity contribution in [2.45, 2.75) is 26.8 Å². The number of para-hydroxylation sites is 1. The third kappa shape index (κ3) is 3.84. The van der Waals surface area contributed by atoms with Crippen LogP contribution in [0.3, 0.4) is 0 Å². The number of hydrogen-bond acceptors (Lipinski definition) is 3. The standard InChI is InChI=1S/C16H20N2O3/c1-10(2)11(3)17-15(19)9-21-16(20)14-8-12-6-4-5-7-13(12)18-14/h4-8,10-11,18H,9H2,1-3H3,(H,17,19)/t11-/m1/s1. The second-order valence-corrected chi connectivity index (χ2v) is 5.45. The number of benzene rings is 1. The molecule has 2 N–H and O–H groups in total. The van der Waals surface area contributed by atoms with Gasteiger partial charge in [-0.05, 0) is 25.0 Å². The number of H-pyrrole nitrogens is 1. The molecule has 0 aliphatic heterocycles. The van der Waals surface area contributed by atoms with Crippen LogP contribution >= 0.6 is 0 Å². The Kier molecular flexibility index (Phi) is 4.62. The number of hydrogen-bond donors (Lipinski definition) is 2. The van der Waals surface area contributed by atoms with Crippen LogP contribution in [-0.2, 0) is 9.53 Å². The predicted octanol–water partition coefficient (Wildman–Crippen LogP) is 2.49. The highest BCUT2D eigenvalue weighted by Crippen LogP contribution is 2.15. The van der Waals surface area contributed by atoms with Crippen molar-refractivity contribution in [3.05, 3.63) is 36.0 Å². The maximum Gasteiger partial charge on any atom is 0.355 e. The molecule has 2 aromatic rings. The summed E-state index contributed by atoms with van der Waals surface area (Å²) in [7, 11) is 0. The zero-order valence-corrected chi connectivity index (χ0v) is 12.5. The van der Waals surface area contributed by atoms with E-state index in [1.807, 2.05) is 45.0 Å². The average molecular weight is 288 g/mol. The van der Waals surface area contributed by atoms with Gasteiger partial charge in [-0.3, -0.25) is 4.79 Å². The summed E-state index contributed by atoms with van der Waals surface area (Å²) in [6, 6.07) is 9.32. The first-order valence-corrected chi connectivity index (χ1v) is 7.01. The molecule has 21 heavy (non-hydrogen) atoms. The van der Waals surface area contributed by atoms with Crippen LogP contribution in [0.4, 0.5) is 0 Å². The molecule has 1 amide bonds. The first kappa shape index (κ1) is 15.1. The van der Waals surface area contributed by atoms with E-state index >= 15 is 0 Å². The lowest BCUT2D eigenvalue weighted by atomic mass is 10.1. The SMILES string of the molecule is CC(C)[C@@H](C)NC(=O)COC(=O)c1cc2ccccc2[nH]1. The van der Waals surface area contributed by atoms with Crippen LogP contribution < -0.4 is 5.32 Å². The van der Waals surface area contributed by atoms with Crippen LogP contribution in [-0.4, -0.2) is 29.5 Å². The molecule has 0 fully saturated rings. The van der Waals surface area contributed by atoms with Crippen LogP contribution in [0, 0.1) is 5.92 Å². The molecule has 0 spiro atoms. The first-order chi connectivity index (χ1) is 9.97. The van der Waals surface area contributed by atoms with Gasteiger partial charge in [-0.15, -0.1) is 0 Å². The monoisotopic (exact) mass is 288 g/mol. The molecule has 5 heteroatoms. The van der Waals surface area contributed by atoms with E-state index in [2.05, 4.69) is 10.3 Å². The highest BCUT2D eigenvalue weighted by molar-refractivity contribution is 5.95. The summed E-state index contributed by atoms with van der Waals surface area (Å²) >= 11 is 0. The minimum absolute atomic E-state index is 0.0456. The molecule has 0 unspecified atom stereocenters. The molecule has 0 saturated heterocycles. The van der Waals surface area contributed by atoms with Crippen LogP contribution in [0.25, 0.3) is 10.9 Å². The maximum absolute atomic E-state index is 11.9. The van der Waals surface area contributed by atoms with Gasteiger partial charge in [0.2, 0.25) is 0 Å². The van der Waals surface area contributed by atoms with E-state index in [1.54, 1.807) is 6.07 Å². The molecule has 1 atom stereocenters. The van der Waals surface area contributed by atoms with Gasteiger partial charge in [-0.1, -0.05) is 32.0 Å². The smallest absolute Gasteiger partial charge is 0.355 e. The van der Waals surface area contributed by atoms with Crippen molar-refractivity contribution in [2.75, 3.05) is 6.61 Å². The maximum atomic E-state index is 11.9. The van der Waals surface area contributed by atoms with Crippen LogP contribution in [0.1, 0.15) is 31.3 Å². The highest BCUT2D eigenvalue weighted by Gasteiger charge is 2.15. The van der Waals surface area contributed by atoms with Crippen LogP contribution in [0.5, 0.6) is 0 Å². The summed E-state index contributed by atoms with van der Waals surface area (Å²) in [6.45, 7) is 5.68. The summed E-state index contributed by atoms with van der Waals surface area (Å²) in [6.07, 6.45) is 0. The van der Waals surface area contributed by atoms with E-state index in [4.69, 9.17) is 4.74 Å². The van der Waals surface area contributed by atoms with Gasteiger partial charge in [0, 0.05) is 16.9 Å². The van der Waals surface area contributed by atoms with Gasteiger partial charge in [-0.25, -0.2) is 4.79 Å². The second kappa shape index (κ2) is 6.43. The second-order valence-electron chi connectivity index (χ2n) is 5.45. The number of rotatable bonds is 5. The Morgan fingerprint density at radius 2 is 1.95 bits per heavy atom.